The van der Waals surface area contributed by atoms with E-state index in [0.717, 1.165) is 43.7 Å². The number of benzene rings is 2. The maximum absolute atomic E-state index is 8.93. The highest BCUT2D eigenvalue weighted by Gasteiger charge is 2.45. The van der Waals surface area contributed by atoms with E-state index in [9.17, 15) is 0 Å². The molecule has 3 aliphatic rings. The third kappa shape index (κ3) is 5.74. The van der Waals surface area contributed by atoms with Gasteiger partial charge < -0.3 is 15.0 Å². The predicted molar refractivity (Wildman–Crippen MR) is 141 cm³/mol. The van der Waals surface area contributed by atoms with E-state index in [-0.39, 0.29) is 5.54 Å². The molecule has 0 radical (unpaired) electrons. The molecule has 2 aromatic carbocycles. The third-order valence-electron chi connectivity index (χ3n) is 8.82. The van der Waals surface area contributed by atoms with Crippen molar-refractivity contribution in [1.82, 2.24) is 10.2 Å². The Hall–Kier alpha value is -2.35. The van der Waals surface area contributed by atoms with Crippen molar-refractivity contribution in [2.75, 3.05) is 32.8 Å². The van der Waals surface area contributed by atoms with Crippen molar-refractivity contribution < 1.29 is 4.74 Å². The van der Waals surface area contributed by atoms with Gasteiger partial charge in [0.25, 0.3) is 0 Å². The van der Waals surface area contributed by atoms with Crippen molar-refractivity contribution in [3.8, 4) is 11.8 Å². The molecule has 1 atom stereocenters. The largest absolute Gasteiger partial charge is 0.494 e. The Morgan fingerprint density at radius 1 is 0.971 bits per heavy atom. The minimum Gasteiger partial charge on any atom is -0.494 e. The van der Waals surface area contributed by atoms with Gasteiger partial charge in [0.15, 0.2) is 0 Å². The molecule has 5 rings (SSSR count). The Labute approximate surface area is 211 Å². The van der Waals surface area contributed by atoms with Crippen molar-refractivity contribution in [3.63, 3.8) is 0 Å². The summed E-state index contributed by atoms with van der Waals surface area (Å²) in [6.07, 6.45) is 13.2. The molecule has 1 N–H and O–H groups in total. The molecule has 4 heteroatoms. The van der Waals surface area contributed by atoms with Crippen LogP contribution < -0.4 is 10.1 Å². The van der Waals surface area contributed by atoms with Gasteiger partial charge in [-0.2, -0.15) is 5.26 Å². The molecule has 2 heterocycles. The lowest BCUT2D eigenvalue weighted by molar-refractivity contribution is 0.0718. The van der Waals surface area contributed by atoms with Gasteiger partial charge in [0.1, 0.15) is 5.75 Å². The highest BCUT2D eigenvalue weighted by Crippen LogP contribution is 2.46. The van der Waals surface area contributed by atoms with Crippen molar-refractivity contribution >= 4 is 0 Å². The summed E-state index contributed by atoms with van der Waals surface area (Å²) in [6.45, 7) is 5.33. The van der Waals surface area contributed by atoms with E-state index < -0.39 is 0 Å². The van der Waals surface area contributed by atoms with Gasteiger partial charge in [-0.15, -0.1) is 0 Å². The van der Waals surface area contributed by atoms with Gasteiger partial charge in [0.05, 0.1) is 18.2 Å². The van der Waals surface area contributed by atoms with E-state index >= 15 is 0 Å². The molecule has 0 amide bonds. The first-order valence-electron chi connectivity index (χ1n) is 14.0. The zero-order valence-electron chi connectivity index (χ0n) is 21.2. The third-order valence-corrected chi connectivity index (χ3v) is 8.82. The van der Waals surface area contributed by atoms with Gasteiger partial charge in [-0.1, -0.05) is 56.4 Å². The van der Waals surface area contributed by atoms with Gasteiger partial charge in [-0.25, -0.2) is 0 Å². The summed E-state index contributed by atoms with van der Waals surface area (Å²) >= 11 is 0. The first kappa shape index (κ1) is 24.3. The number of rotatable bonds is 8. The molecule has 0 spiro atoms. The normalized spacial score (nSPS) is 24.0. The fraction of sp³-hybridized carbons (Fsp3) is 0.581. The number of fused-ring (bicyclic) bond motifs is 1. The first-order chi connectivity index (χ1) is 17.3. The van der Waals surface area contributed by atoms with Gasteiger partial charge in [0.2, 0.25) is 0 Å². The van der Waals surface area contributed by atoms with E-state index in [2.05, 4.69) is 40.6 Å². The Balaban J connectivity index is 1.18. The molecule has 186 valence electrons. The average molecular weight is 472 g/mol. The van der Waals surface area contributed by atoms with Crippen LogP contribution in [0.15, 0.2) is 48.5 Å². The molecule has 4 nitrogen and oxygen atoms in total. The predicted octanol–water partition coefficient (Wildman–Crippen LogP) is 6.05. The van der Waals surface area contributed by atoms with Crippen LogP contribution in [0.5, 0.6) is 5.75 Å². The van der Waals surface area contributed by atoms with Crippen LogP contribution in [0.3, 0.4) is 0 Å². The second-order valence-electron chi connectivity index (χ2n) is 11.0. The second-order valence-corrected chi connectivity index (χ2v) is 11.0. The van der Waals surface area contributed by atoms with E-state index in [1.807, 2.05) is 24.3 Å². The molecule has 1 saturated heterocycles. The van der Waals surface area contributed by atoms with Gasteiger partial charge in [0, 0.05) is 18.6 Å². The summed E-state index contributed by atoms with van der Waals surface area (Å²) < 4.78 is 5.91. The molecular formula is C31H41N3O. The summed E-state index contributed by atoms with van der Waals surface area (Å²) in [5, 5.41) is 13.1. The Bertz CT molecular complexity index is 983. The van der Waals surface area contributed by atoms with E-state index in [4.69, 9.17) is 10.00 Å². The van der Waals surface area contributed by atoms with E-state index in [1.165, 1.54) is 70.9 Å². The molecule has 2 fully saturated rings. The maximum atomic E-state index is 8.93. The summed E-state index contributed by atoms with van der Waals surface area (Å²) in [5.74, 6) is 2.45. The van der Waals surface area contributed by atoms with Gasteiger partial charge >= 0.3 is 0 Å². The van der Waals surface area contributed by atoms with Crippen LogP contribution in [-0.2, 0) is 12.0 Å². The molecule has 2 aromatic rings. The number of nitrogens with one attached hydrogen (secondary N) is 1. The molecular weight excluding hydrogens is 430 g/mol. The first-order valence-corrected chi connectivity index (χ1v) is 14.0. The molecule has 1 aliphatic carbocycles. The van der Waals surface area contributed by atoms with Crippen molar-refractivity contribution in [1.29, 1.82) is 5.26 Å². The smallest absolute Gasteiger partial charge is 0.119 e. The zero-order chi connectivity index (χ0) is 23.9. The standard InChI is InChI=1S/C31H41N3O/c32-24-26-11-13-29(14-12-26)35-22-6-19-34-20-16-28(17-21-34)31(23-25-7-2-1-3-8-25)30-10-5-4-9-27(30)15-18-33-31/h4-5,9-14,25,28,33H,1-3,6-8,15-23H2. The lowest BCUT2D eigenvalue weighted by atomic mass is 9.64. The maximum Gasteiger partial charge on any atom is 0.119 e. The van der Waals surface area contributed by atoms with Crippen LogP contribution in [0, 0.1) is 23.2 Å². The van der Waals surface area contributed by atoms with Crippen molar-refractivity contribution in [2.24, 2.45) is 11.8 Å². The summed E-state index contributed by atoms with van der Waals surface area (Å²) in [5.41, 5.74) is 4.05. The van der Waals surface area contributed by atoms with Crippen molar-refractivity contribution in [3.05, 3.63) is 65.2 Å². The molecule has 2 aliphatic heterocycles. The fourth-order valence-electron chi connectivity index (χ4n) is 7.00. The monoisotopic (exact) mass is 471 g/mol. The molecule has 0 bridgehead atoms. The number of hydrogen-bond acceptors (Lipinski definition) is 4. The number of piperidine rings is 1. The van der Waals surface area contributed by atoms with Crippen LogP contribution in [0.25, 0.3) is 0 Å². The van der Waals surface area contributed by atoms with Crippen molar-refractivity contribution in [2.45, 2.75) is 69.7 Å². The van der Waals surface area contributed by atoms with Crippen LogP contribution in [0.4, 0.5) is 0 Å². The van der Waals surface area contributed by atoms with Crippen LogP contribution in [0.1, 0.15) is 74.5 Å². The Kier molecular flexibility index (Phi) is 8.06. The Morgan fingerprint density at radius 3 is 2.51 bits per heavy atom. The lowest BCUT2D eigenvalue weighted by Crippen LogP contribution is -2.56. The number of nitrogens with zero attached hydrogens (tertiary/aromatic N) is 2. The van der Waals surface area contributed by atoms with Gasteiger partial charge in [-0.3, -0.25) is 0 Å². The second kappa shape index (κ2) is 11.6. The summed E-state index contributed by atoms with van der Waals surface area (Å²) in [4.78, 5) is 2.64. The molecule has 1 unspecified atom stereocenters. The number of likely N-dealkylation sites (tertiary alicyclic amines) is 1. The molecule has 1 saturated carbocycles. The number of nitriles is 1. The minimum atomic E-state index is 0.168. The van der Waals surface area contributed by atoms with Crippen LogP contribution in [0.2, 0.25) is 0 Å². The highest BCUT2D eigenvalue weighted by molar-refractivity contribution is 5.38. The summed E-state index contributed by atoms with van der Waals surface area (Å²) in [6, 6.07) is 18.9. The zero-order valence-corrected chi connectivity index (χ0v) is 21.2. The van der Waals surface area contributed by atoms with E-state index in [1.54, 1.807) is 11.1 Å². The minimum absolute atomic E-state index is 0.168. The Morgan fingerprint density at radius 2 is 1.74 bits per heavy atom. The average Bonchev–Trinajstić information content (AvgIpc) is 2.92. The number of ether oxygens (including phenoxy) is 1. The number of hydrogen-bond donors (Lipinski definition) is 1. The fourth-order valence-corrected chi connectivity index (χ4v) is 7.00. The lowest BCUT2D eigenvalue weighted by Gasteiger charge is -2.50. The van der Waals surface area contributed by atoms with E-state index in [0.29, 0.717) is 5.56 Å². The quantitative estimate of drug-likeness (QED) is 0.476. The molecule has 35 heavy (non-hydrogen) atoms. The van der Waals surface area contributed by atoms with Crippen LogP contribution >= 0.6 is 0 Å². The van der Waals surface area contributed by atoms with Crippen LogP contribution in [-0.4, -0.2) is 37.7 Å². The topological polar surface area (TPSA) is 48.3 Å². The highest BCUT2D eigenvalue weighted by atomic mass is 16.5. The SMILES string of the molecule is N#Cc1ccc(OCCCN2CCC(C3(CC4CCCCC4)NCCc4ccccc43)CC2)cc1. The van der Waals surface area contributed by atoms with Gasteiger partial charge in [-0.05, 0) is 92.4 Å². The molecule has 0 aromatic heterocycles. The summed E-state index contributed by atoms with van der Waals surface area (Å²) in [7, 11) is 0.